The minimum atomic E-state index is 0.193. The van der Waals surface area contributed by atoms with Crippen LogP contribution in [0, 0.1) is 5.41 Å². The van der Waals surface area contributed by atoms with Crippen molar-refractivity contribution in [1.82, 2.24) is 0 Å². The third-order valence-electron chi connectivity index (χ3n) is 2.18. The summed E-state index contributed by atoms with van der Waals surface area (Å²) in [6, 6.07) is 0. The largest absolute Gasteiger partial charge is 0.300 e. The SMILES string of the molecule is CCC1(CCl)CC(=O)C1. The molecular formula is C7H11ClO. The zero-order valence-electron chi connectivity index (χ0n) is 5.61. The molecule has 0 aliphatic heterocycles. The lowest BCUT2D eigenvalue weighted by atomic mass is 9.68. The molecule has 1 rings (SSSR count). The first-order valence-electron chi connectivity index (χ1n) is 3.30. The Morgan fingerprint density at radius 1 is 1.67 bits per heavy atom. The van der Waals surface area contributed by atoms with Crippen LogP contribution in [-0.4, -0.2) is 11.7 Å². The van der Waals surface area contributed by atoms with Crippen LogP contribution in [0.2, 0.25) is 0 Å². The number of ketones is 1. The van der Waals surface area contributed by atoms with Crippen molar-refractivity contribution < 1.29 is 4.79 Å². The molecule has 1 nitrogen and oxygen atoms in total. The molecule has 0 bridgehead atoms. The van der Waals surface area contributed by atoms with E-state index in [1.54, 1.807) is 0 Å². The normalized spacial score (nSPS) is 23.6. The second kappa shape index (κ2) is 2.30. The molecule has 52 valence electrons. The van der Waals surface area contributed by atoms with Gasteiger partial charge in [0.2, 0.25) is 0 Å². The van der Waals surface area contributed by atoms with Gasteiger partial charge in [-0.2, -0.15) is 0 Å². The first kappa shape index (κ1) is 7.07. The van der Waals surface area contributed by atoms with Crippen molar-refractivity contribution in [2.24, 2.45) is 5.41 Å². The van der Waals surface area contributed by atoms with Gasteiger partial charge in [-0.15, -0.1) is 11.6 Å². The van der Waals surface area contributed by atoms with Crippen molar-refractivity contribution in [3.63, 3.8) is 0 Å². The number of alkyl halides is 1. The molecule has 1 saturated carbocycles. The highest BCUT2D eigenvalue weighted by Gasteiger charge is 2.40. The highest BCUT2D eigenvalue weighted by molar-refractivity contribution is 6.19. The molecule has 0 unspecified atom stereocenters. The third kappa shape index (κ3) is 1.11. The summed E-state index contributed by atoms with van der Waals surface area (Å²) in [5.41, 5.74) is 0.193. The van der Waals surface area contributed by atoms with E-state index in [0.29, 0.717) is 24.5 Å². The van der Waals surface area contributed by atoms with Gasteiger partial charge in [-0.1, -0.05) is 6.92 Å². The Hall–Kier alpha value is -0.0400. The second-order valence-corrected chi connectivity index (χ2v) is 3.15. The maximum atomic E-state index is 10.6. The minimum Gasteiger partial charge on any atom is -0.300 e. The molecule has 0 spiro atoms. The Morgan fingerprint density at radius 3 is 2.33 bits per heavy atom. The Bertz CT molecular complexity index is 117. The number of carbonyl (C=O) groups excluding carboxylic acids is 1. The number of rotatable bonds is 2. The maximum absolute atomic E-state index is 10.6. The van der Waals surface area contributed by atoms with Crippen LogP contribution in [0.25, 0.3) is 0 Å². The molecular weight excluding hydrogens is 136 g/mol. The lowest BCUT2D eigenvalue weighted by Crippen LogP contribution is -2.38. The standard InChI is InChI=1S/C7H11ClO/c1-2-7(5-8)3-6(9)4-7/h2-5H2,1H3. The Kier molecular flexibility index (Phi) is 1.80. The third-order valence-corrected chi connectivity index (χ3v) is 2.74. The smallest absolute Gasteiger partial charge is 0.134 e. The van der Waals surface area contributed by atoms with Crippen LogP contribution < -0.4 is 0 Å². The van der Waals surface area contributed by atoms with Gasteiger partial charge >= 0.3 is 0 Å². The lowest BCUT2D eigenvalue weighted by Gasteiger charge is -2.37. The molecule has 0 radical (unpaired) electrons. The number of carbonyl (C=O) groups is 1. The molecule has 2 heteroatoms. The summed E-state index contributed by atoms with van der Waals surface area (Å²) in [5, 5.41) is 0. The molecule has 0 aromatic heterocycles. The monoisotopic (exact) mass is 146 g/mol. The molecule has 0 aromatic rings. The van der Waals surface area contributed by atoms with Gasteiger partial charge < -0.3 is 0 Å². The van der Waals surface area contributed by atoms with Gasteiger partial charge in [0.25, 0.3) is 0 Å². The molecule has 1 aliphatic rings. The van der Waals surface area contributed by atoms with Crippen molar-refractivity contribution in [3.05, 3.63) is 0 Å². The van der Waals surface area contributed by atoms with Gasteiger partial charge in [-0.05, 0) is 11.8 Å². The summed E-state index contributed by atoms with van der Waals surface area (Å²) in [7, 11) is 0. The fourth-order valence-corrected chi connectivity index (χ4v) is 1.60. The van der Waals surface area contributed by atoms with E-state index in [0.717, 1.165) is 6.42 Å². The summed E-state index contributed by atoms with van der Waals surface area (Å²) in [6.07, 6.45) is 2.47. The second-order valence-electron chi connectivity index (χ2n) is 2.88. The summed E-state index contributed by atoms with van der Waals surface area (Å²) in [5.74, 6) is 1.02. The predicted molar refractivity (Wildman–Crippen MR) is 37.7 cm³/mol. The van der Waals surface area contributed by atoms with Crippen molar-refractivity contribution in [2.45, 2.75) is 26.2 Å². The van der Waals surface area contributed by atoms with E-state index in [1.807, 2.05) is 0 Å². The molecule has 0 aromatic carbocycles. The average molecular weight is 147 g/mol. The van der Waals surface area contributed by atoms with Crippen LogP contribution in [0.3, 0.4) is 0 Å². The number of halogens is 1. The van der Waals surface area contributed by atoms with Gasteiger partial charge in [0.05, 0.1) is 0 Å². The predicted octanol–water partition coefficient (Wildman–Crippen LogP) is 1.98. The van der Waals surface area contributed by atoms with E-state index >= 15 is 0 Å². The van der Waals surface area contributed by atoms with E-state index in [9.17, 15) is 4.79 Å². The topological polar surface area (TPSA) is 17.1 Å². The fraction of sp³-hybridized carbons (Fsp3) is 0.857. The fourth-order valence-electron chi connectivity index (χ4n) is 1.22. The van der Waals surface area contributed by atoms with E-state index in [1.165, 1.54) is 0 Å². The molecule has 0 amide bonds. The molecule has 1 fully saturated rings. The molecule has 0 atom stereocenters. The van der Waals surface area contributed by atoms with Crippen molar-refractivity contribution in [3.8, 4) is 0 Å². The van der Waals surface area contributed by atoms with E-state index < -0.39 is 0 Å². The highest BCUT2D eigenvalue weighted by Crippen LogP contribution is 2.41. The maximum Gasteiger partial charge on any atom is 0.134 e. The molecule has 0 saturated heterocycles. The summed E-state index contributed by atoms with van der Waals surface area (Å²) >= 11 is 5.67. The minimum absolute atomic E-state index is 0.193. The Labute approximate surface area is 60.4 Å². The average Bonchev–Trinajstić information content (AvgIpc) is 1.81. The zero-order valence-corrected chi connectivity index (χ0v) is 6.37. The van der Waals surface area contributed by atoms with Crippen LogP contribution in [0.5, 0.6) is 0 Å². The first-order chi connectivity index (χ1) is 4.22. The first-order valence-corrected chi connectivity index (χ1v) is 3.83. The Balaban J connectivity index is 2.44. The number of hydrogen-bond acceptors (Lipinski definition) is 1. The van der Waals surface area contributed by atoms with Crippen molar-refractivity contribution >= 4 is 17.4 Å². The van der Waals surface area contributed by atoms with E-state index in [4.69, 9.17) is 11.6 Å². The highest BCUT2D eigenvalue weighted by atomic mass is 35.5. The van der Waals surface area contributed by atoms with Crippen LogP contribution in [0.15, 0.2) is 0 Å². The number of Topliss-reactive ketones (excluding diaryl/α,β-unsaturated/α-hetero) is 1. The van der Waals surface area contributed by atoms with Gasteiger partial charge in [-0.25, -0.2) is 0 Å². The van der Waals surface area contributed by atoms with Crippen LogP contribution in [0.1, 0.15) is 26.2 Å². The Morgan fingerprint density at radius 2 is 2.22 bits per heavy atom. The molecule has 9 heavy (non-hydrogen) atoms. The van der Waals surface area contributed by atoms with Crippen LogP contribution >= 0.6 is 11.6 Å². The van der Waals surface area contributed by atoms with E-state index in [2.05, 4.69) is 6.92 Å². The van der Waals surface area contributed by atoms with Crippen LogP contribution in [-0.2, 0) is 4.79 Å². The molecule has 0 N–H and O–H groups in total. The quantitative estimate of drug-likeness (QED) is 0.545. The van der Waals surface area contributed by atoms with Crippen molar-refractivity contribution in [1.29, 1.82) is 0 Å². The molecule has 0 heterocycles. The zero-order chi connectivity index (χ0) is 6.91. The summed E-state index contributed by atoms with van der Waals surface area (Å²) < 4.78 is 0. The van der Waals surface area contributed by atoms with Gasteiger partial charge in [-0.3, -0.25) is 4.79 Å². The summed E-state index contributed by atoms with van der Waals surface area (Å²) in [6.45, 7) is 2.09. The lowest BCUT2D eigenvalue weighted by molar-refractivity contribution is -0.131. The number of hydrogen-bond donors (Lipinski definition) is 0. The van der Waals surface area contributed by atoms with Gasteiger partial charge in [0.1, 0.15) is 5.78 Å². The van der Waals surface area contributed by atoms with Gasteiger partial charge in [0.15, 0.2) is 0 Å². The summed E-state index contributed by atoms with van der Waals surface area (Å²) in [4.78, 5) is 10.6. The van der Waals surface area contributed by atoms with E-state index in [-0.39, 0.29) is 5.41 Å². The molecule has 1 aliphatic carbocycles. The van der Waals surface area contributed by atoms with Crippen LogP contribution in [0.4, 0.5) is 0 Å². The van der Waals surface area contributed by atoms with Gasteiger partial charge in [0, 0.05) is 18.7 Å². The van der Waals surface area contributed by atoms with Crippen molar-refractivity contribution in [2.75, 3.05) is 5.88 Å².